The molecule has 0 saturated carbocycles. The van der Waals surface area contributed by atoms with Gasteiger partial charge in [0.1, 0.15) is 5.75 Å². The number of hydrogen-bond donors (Lipinski definition) is 2. The van der Waals surface area contributed by atoms with Gasteiger partial charge in [0.15, 0.2) is 0 Å². The molecule has 3 aliphatic rings. The van der Waals surface area contributed by atoms with Crippen LogP contribution in [0.3, 0.4) is 0 Å². The Morgan fingerprint density at radius 1 is 0.769 bits per heavy atom. The standard InChI is InChI=1S/C22H28O.C12H12O4/c1-2-3-4-5-6-7-8-9-16-23-20-13-10-18(11-14-20)21-15-12-19-17-22(19)21;13-11(14)9-3-1-7-5-10(12(15)16)4-2-8(7)6-9/h10-15,17H,2-9,16H2,1H3;1,3,6,10H,2,4-5H2,(H,13,14)(H,15,16). The van der Waals surface area contributed by atoms with Gasteiger partial charge < -0.3 is 14.9 Å². The molecule has 0 spiro atoms. The number of benzene rings is 3. The van der Waals surface area contributed by atoms with Crippen LogP contribution < -0.4 is 4.74 Å². The number of aromatic carboxylic acids is 1. The first-order valence-electron chi connectivity index (χ1n) is 14.4. The summed E-state index contributed by atoms with van der Waals surface area (Å²) in [5, 5.41) is 17.7. The Bertz CT molecular complexity index is 1260. The van der Waals surface area contributed by atoms with Crippen LogP contribution in [0.15, 0.2) is 60.7 Å². The average Bonchev–Trinajstić information content (AvgIpc) is 3.61. The summed E-state index contributed by atoms with van der Waals surface area (Å²) in [5.74, 6) is -1.05. The third-order valence-electron chi connectivity index (χ3n) is 7.71. The maximum Gasteiger partial charge on any atom is 0.335 e. The van der Waals surface area contributed by atoms with Gasteiger partial charge in [-0.05, 0) is 89.4 Å². The Labute approximate surface area is 231 Å². The highest BCUT2D eigenvalue weighted by molar-refractivity contribution is 5.96. The topological polar surface area (TPSA) is 83.8 Å². The predicted molar refractivity (Wildman–Crippen MR) is 156 cm³/mol. The molecule has 206 valence electrons. The number of carbonyl (C=O) groups is 2. The van der Waals surface area contributed by atoms with Crippen molar-refractivity contribution in [3.05, 3.63) is 77.4 Å². The Hall–Kier alpha value is -3.60. The Balaban J connectivity index is 0.000000193. The summed E-state index contributed by atoms with van der Waals surface area (Å²) in [6.45, 7) is 3.11. The van der Waals surface area contributed by atoms with E-state index in [-0.39, 0.29) is 11.5 Å². The van der Waals surface area contributed by atoms with E-state index in [2.05, 4.69) is 49.4 Å². The molecule has 5 heteroatoms. The van der Waals surface area contributed by atoms with Crippen molar-refractivity contribution in [2.75, 3.05) is 6.61 Å². The van der Waals surface area contributed by atoms with Crippen molar-refractivity contribution < 1.29 is 24.5 Å². The van der Waals surface area contributed by atoms with Crippen LogP contribution in [-0.2, 0) is 17.6 Å². The molecule has 0 amide bonds. The van der Waals surface area contributed by atoms with Gasteiger partial charge in [-0.15, -0.1) is 0 Å². The maximum absolute atomic E-state index is 10.8. The number of aryl methyl sites for hydroxylation is 1. The number of unbranched alkanes of at least 4 members (excludes halogenated alkanes) is 7. The molecule has 2 N–H and O–H groups in total. The molecule has 5 nitrogen and oxygen atoms in total. The maximum atomic E-state index is 10.8. The zero-order chi connectivity index (χ0) is 27.6. The molecule has 0 bridgehead atoms. The van der Waals surface area contributed by atoms with Crippen LogP contribution in [0.2, 0.25) is 0 Å². The lowest BCUT2D eigenvalue weighted by Crippen LogP contribution is -2.22. The molecule has 0 saturated heterocycles. The normalized spacial score (nSPS) is 14.5. The van der Waals surface area contributed by atoms with E-state index < -0.39 is 11.9 Å². The van der Waals surface area contributed by atoms with E-state index in [1.54, 1.807) is 12.1 Å². The van der Waals surface area contributed by atoms with E-state index in [0.717, 1.165) is 23.5 Å². The fourth-order valence-electron chi connectivity index (χ4n) is 5.26. The quantitative estimate of drug-likeness (QED) is 0.170. The fourth-order valence-corrected chi connectivity index (χ4v) is 5.26. The fraction of sp³-hybridized carbons (Fsp3) is 0.412. The summed E-state index contributed by atoms with van der Waals surface area (Å²) in [7, 11) is 0. The molecule has 0 fully saturated rings. The van der Waals surface area contributed by atoms with E-state index in [1.807, 2.05) is 0 Å². The van der Waals surface area contributed by atoms with E-state index >= 15 is 0 Å². The summed E-state index contributed by atoms with van der Waals surface area (Å²) in [6.07, 6.45) is 12.5. The Morgan fingerprint density at radius 3 is 2.08 bits per heavy atom. The van der Waals surface area contributed by atoms with E-state index in [0.29, 0.717) is 19.3 Å². The van der Waals surface area contributed by atoms with Crippen LogP contribution in [0, 0.1) is 5.92 Å². The molecule has 2 aromatic carbocycles. The van der Waals surface area contributed by atoms with Crippen LogP contribution in [0.5, 0.6) is 5.75 Å². The smallest absolute Gasteiger partial charge is 0.335 e. The first-order chi connectivity index (χ1) is 19.0. The van der Waals surface area contributed by atoms with Crippen molar-refractivity contribution in [1.82, 2.24) is 0 Å². The third kappa shape index (κ3) is 8.19. The number of hydrogen-bond acceptors (Lipinski definition) is 3. The summed E-state index contributed by atoms with van der Waals surface area (Å²) in [4.78, 5) is 21.6. The summed E-state index contributed by atoms with van der Waals surface area (Å²) in [6, 6.07) is 20.1. The number of fused-ring (bicyclic) bond motifs is 2. The van der Waals surface area contributed by atoms with Gasteiger partial charge in [-0.1, -0.05) is 82.2 Å². The van der Waals surface area contributed by atoms with Crippen molar-refractivity contribution in [3.63, 3.8) is 0 Å². The van der Waals surface area contributed by atoms with Gasteiger partial charge in [0.25, 0.3) is 0 Å². The number of rotatable bonds is 13. The lowest BCUT2D eigenvalue weighted by atomic mass is 9.83. The van der Waals surface area contributed by atoms with Gasteiger partial charge >= 0.3 is 11.9 Å². The Kier molecular flexibility index (Phi) is 10.2. The van der Waals surface area contributed by atoms with Crippen LogP contribution in [0.25, 0.3) is 22.3 Å². The number of ether oxygens (including phenoxy) is 1. The highest BCUT2D eigenvalue weighted by atomic mass is 16.5. The molecule has 1 unspecified atom stereocenters. The van der Waals surface area contributed by atoms with E-state index in [9.17, 15) is 9.59 Å². The minimum Gasteiger partial charge on any atom is -0.494 e. The van der Waals surface area contributed by atoms with E-state index in [4.69, 9.17) is 14.9 Å². The zero-order valence-electron chi connectivity index (χ0n) is 23.0. The second-order valence-electron chi connectivity index (χ2n) is 10.7. The van der Waals surface area contributed by atoms with Gasteiger partial charge in [-0.3, -0.25) is 4.79 Å². The molecule has 0 radical (unpaired) electrons. The summed E-state index contributed by atoms with van der Waals surface area (Å²) >= 11 is 0. The first kappa shape index (κ1) is 28.4. The molecule has 0 heterocycles. The third-order valence-corrected chi connectivity index (χ3v) is 7.71. The predicted octanol–water partition coefficient (Wildman–Crippen LogP) is 8.43. The molecule has 0 aliphatic heterocycles. The highest BCUT2D eigenvalue weighted by Crippen LogP contribution is 2.44. The van der Waals surface area contributed by atoms with Gasteiger partial charge in [0.2, 0.25) is 0 Å². The van der Waals surface area contributed by atoms with Crippen molar-refractivity contribution >= 4 is 11.9 Å². The first-order valence-corrected chi connectivity index (χ1v) is 14.4. The monoisotopic (exact) mass is 528 g/mol. The van der Waals surface area contributed by atoms with Crippen molar-refractivity contribution in [1.29, 1.82) is 0 Å². The van der Waals surface area contributed by atoms with Crippen LogP contribution >= 0.6 is 0 Å². The van der Waals surface area contributed by atoms with Crippen LogP contribution in [-0.4, -0.2) is 28.8 Å². The second kappa shape index (κ2) is 14.0. The minimum absolute atomic E-state index is 0.271. The SMILES string of the molecule is CCCCCCCCCCOc1ccc(-c2ccc3cc2-3)cc1.O=C(O)c1ccc2c(c1)CCC(C(=O)O)C2. The second-order valence-corrected chi connectivity index (χ2v) is 10.7. The molecule has 0 aromatic heterocycles. The molecule has 39 heavy (non-hydrogen) atoms. The van der Waals surface area contributed by atoms with Crippen LogP contribution in [0.4, 0.5) is 0 Å². The van der Waals surface area contributed by atoms with Gasteiger partial charge in [0.05, 0.1) is 18.1 Å². The molecule has 5 rings (SSSR count). The number of carboxylic acids is 2. The van der Waals surface area contributed by atoms with Gasteiger partial charge in [0, 0.05) is 0 Å². The average molecular weight is 529 g/mol. The highest BCUT2D eigenvalue weighted by Gasteiger charge is 2.24. The Morgan fingerprint density at radius 2 is 1.46 bits per heavy atom. The largest absolute Gasteiger partial charge is 0.494 e. The lowest BCUT2D eigenvalue weighted by molar-refractivity contribution is -0.142. The molecule has 3 aliphatic carbocycles. The van der Waals surface area contributed by atoms with Gasteiger partial charge in [-0.25, -0.2) is 4.79 Å². The molecule has 2 aromatic rings. The lowest BCUT2D eigenvalue weighted by Gasteiger charge is -2.21. The number of aliphatic carboxylic acids is 1. The van der Waals surface area contributed by atoms with Crippen LogP contribution in [0.1, 0.15) is 86.2 Å². The molecular weight excluding hydrogens is 488 g/mol. The van der Waals surface area contributed by atoms with E-state index in [1.165, 1.54) is 79.7 Å². The van der Waals surface area contributed by atoms with Crippen molar-refractivity contribution in [2.24, 2.45) is 5.92 Å². The molecule has 1 atom stereocenters. The number of carboxylic acid groups (broad SMARTS) is 2. The van der Waals surface area contributed by atoms with Crippen molar-refractivity contribution in [3.8, 4) is 28.0 Å². The minimum atomic E-state index is -0.942. The zero-order valence-corrected chi connectivity index (χ0v) is 23.0. The summed E-state index contributed by atoms with van der Waals surface area (Å²) in [5.41, 5.74) is 7.66. The van der Waals surface area contributed by atoms with Gasteiger partial charge in [-0.2, -0.15) is 0 Å². The molecular formula is C34H40O5. The summed E-state index contributed by atoms with van der Waals surface area (Å²) < 4.78 is 5.86. The van der Waals surface area contributed by atoms with Crippen molar-refractivity contribution in [2.45, 2.75) is 77.6 Å².